The molecule has 1 aliphatic rings. The van der Waals surface area contributed by atoms with Gasteiger partial charge in [0.05, 0.1) is 12.2 Å². The highest BCUT2D eigenvalue weighted by Gasteiger charge is 2.16. The molecule has 0 saturated carbocycles. The van der Waals surface area contributed by atoms with E-state index in [0.717, 1.165) is 25.2 Å². The summed E-state index contributed by atoms with van der Waals surface area (Å²) in [6, 6.07) is 3.72. The molecule has 1 saturated heterocycles. The number of nitrogens with zero attached hydrogens (tertiary/aromatic N) is 2. The lowest BCUT2D eigenvalue weighted by atomic mass is 10.3. The van der Waals surface area contributed by atoms with Gasteiger partial charge >= 0.3 is 0 Å². The topological polar surface area (TPSA) is 71.2 Å². The molecule has 15 heavy (non-hydrogen) atoms. The summed E-state index contributed by atoms with van der Waals surface area (Å²) < 4.78 is 0. The number of hydrogen-bond acceptors (Lipinski definition) is 4. The number of carbonyl (C=O) groups excluding carboxylic acids is 1. The molecule has 1 aromatic rings. The van der Waals surface area contributed by atoms with Crippen molar-refractivity contribution >= 4 is 17.4 Å². The van der Waals surface area contributed by atoms with Crippen LogP contribution in [0.1, 0.15) is 6.42 Å². The molecule has 1 aromatic heterocycles. The first-order valence-corrected chi connectivity index (χ1v) is 4.99. The van der Waals surface area contributed by atoms with Crippen molar-refractivity contribution in [3.8, 4) is 0 Å². The second kappa shape index (κ2) is 4.16. The van der Waals surface area contributed by atoms with E-state index < -0.39 is 0 Å². The Labute approximate surface area is 88.3 Å². The van der Waals surface area contributed by atoms with Gasteiger partial charge in [0.15, 0.2) is 0 Å². The SMILES string of the molecule is Nc1ncccc1N1CCCNC(=O)C1. The van der Waals surface area contributed by atoms with Crippen LogP contribution in [0.15, 0.2) is 18.3 Å². The van der Waals surface area contributed by atoms with Crippen molar-refractivity contribution in [3.05, 3.63) is 18.3 Å². The Morgan fingerprint density at radius 1 is 1.53 bits per heavy atom. The fourth-order valence-corrected chi connectivity index (χ4v) is 1.69. The monoisotopic (exact) mass is 206 g/mol. The van der Waals surface area contributed by atoms with E-state index in [1.165, 1.54) is 0 Å². The van der Waals surface area contributed by atoms with E-state index in [1.807, 2.05) is 17.0 Å². The molecule has 80 valence electrons. The minimum atomic E-state index is 0.0377. The van der Waals surface area contributed by atoms with Crippen LogP contribution in [0.2, 0.25) is 0 Å². The minimum Gasteiger partial charge on any atom is -0.382 e. The Hall–Kier alpha value is -1.78. The predicted molar refractivity (Wildman–Crippen MR) is 58.5 cm³/mol. The maximum atomic E-state index is 11.4. The smallest absolute Gasteiger partial charge is 0.239 e. The third kappa shape index (κ3) is 2.18. The number of nitrogens with one attached hydrogen (secondary N) is 1. The summed E-state index contributed by atoms with van der Waals surface area (Å²) in [5, 5.41) is 2.82. The molecule has 2 heterocycles. The van der Waals surface area contributed by atoms with Crippen molar-refractivity contribution in [1.29, 1.82) is 0 Å². The zero-order valence-electron chi connectivity index (χ0n) is 8.44. The molecule has 2 rings (SSSR count). The van der Waals surface area contributed by atoms with Crippen molar-refractivity contribution < 1.29 is 4.79 Å². The Morgan fingerprint density at radius 2 is 2.40 bits per heavy atom. The third-order valence-electron chi connectivity index (χ3n) is 2.42. The number of nitrogens with two attached hydrogens (primary N) is 1. The van der Waals surface area contributed by atoms with Crippen LogP contribution < -0.4 is 16.0 Å². The molecule has 5 heteroatoms. The lowest BCUT2D eigenvalue weighted by Gasteiger charge is -2.21. The maximum absolute atomic E-state index is 11.4. The molecule has 0 atom stereocenters. The van der Waals surface area contributed by atoms with E-state index in [-0.39, 0.29) is 5.91 Å². The fraction of sp³-hybridized carbons (Fsp3) is 0.400. The molecular weight excluding hydrogens is 192 g/mol. The normalized spacial score (nSPS) is 17.1. The Bertz CT molecular complexity index is 366. The van der Waals surface area contributed by atoms with Crippen molar-refractivity contribution in [1.82, 2.24) is 10.3 Å². The number of rotatable bonds is 1. The number of carbonyl (C=O) groups is 1. The summed E-state index contributed by atoms with van der Waals surface area (Å²) in [5.74, 6) is 0.517. The van der Waals surface area contributed by atoms with Gasteiger partial charge in [-0.05, 0) is 18.6 Å². The summed E-state index contributed by atoms with van der Waals surface area (Å²) >= 11 is 0. The van der Waals surface area contributed by atoms with Crippen LogP contribution in [0, 0.1) is 0 Å². The van der Waals surface area contributed by atoms with Crippen LogP contribution in [-0.2, 0) is 4.79 Å². The average molecular weight is 206 g/mol. The van der Waals surface area contributed by atoms with Gasteiger partial charge in [-0.15, -0.1) is 0 Å². The van der Waals surface area contributed by atoms with E-state index in [9.17, 15) is 4.79 Å². The molecule has 1 amide bonds. The lowest BCUT2D eigenvalue weighted by Crippen LogP contribution is -2.33. The molecule has 1 fully saturated rings. The van der Waals surface area contributed by atoms with E-state index >= 15 is 0 Å². The van der Waals surface area contributed by atoms with E-state index in [0.29, 0.717) is 12.4 Å². The number of nitrogen functional groups attached to an aromatic ring is 1. The van der Waals surface area contributed by atoms with E-state index in [2.05, 4.69) is 10.3 Å². The highest BCUT2D eigenvalue weighted by atomic mass is 16.2. The Morgan fingerprint density at radius 3 is 3.20 bits per heavy atom. The summed E-state index contributed by atoms with van der Waals surface area (Å²) in [6.07, 6.45) is 2.58. The van der Waals surface area contributed by atoms with Gasteiger partial charge in [-0.2, -0.15) is 0 Å². The summed E-state index contributed by atoms with van der Waals surface area (Å²) in [6.45, 7) is 1.92. The first-order valence-electron chi connectivity index (χ1n) is 4.99. The molecule has 0 aromatic carbocycles. The molecule has 0 aliphatic carbocycles. The van der Waals surface area contributed by atoms with Gasteiger partial charge in [0, 0.05) is 19.3 Å². The fourth-order valence-electron chi connectivity index (χ4n) is 1.69. The van der Waals surface area contributed by atoms with Gasteiger partial charge in [0.1, 0.15) is 5.82 Å². The van der Waals surface area contributed by atoms with Gasteiger partial charge < -0.3 is 16.0 Å². The Balaban J connectivity index is 2.22. The maximum Gasteiger partial charge on any atom is 0.239 e. The second-order valence-electron chi connectivity index (χ2n) is 3.53. The quantitative estimate of drug-likeness (QED) is 0.678. The standard InChI is InChI=1S/C10H14N4O/c11-10-8(3-1-4-13-10)14-6-2-5-12-9(15)7-14/h1,3-4H,2,5-7H2,(H2,11,13)(H,12,15). The van der Waals surface area contributed by atoms with Gasteiger partial charge in [-0.3, -0.25) is 4.79 Å². The molecule has 1 aliphatic heterocycles. The first-order chi connectivity index (χ1) is 7.27. The van der Waals surface area contributed by atoms with Crippen LogP contribution in [0.3, 0.4) is 0 Å². The van der Waals surface area contributed by atoms with Gasteiger partial charge in [0.2, 0.25) is 5.91 Å². The summed E-state index contributed by atoms with van der Waals surface area (Å²) in [4.78, 5) is 17.3. The van der Waals surface area contributed by atoms with Gasteiger partial charge in [0.25, 0.3) is 0 Å². The zero-order chi connectivity index (χ0) is 10.7. The molecule has 0 unspecified atom stereocenters. The number of anilines is 2. The Kier molecular flexibility index (Phi) is 2.71. The molecule has 3 N–H and O–H groups in total. The molecule has 0 radical (unpaired) electrons. The highest BCUT2D eigenvalue weighted by Crippen LogP contribution is 2.20. The molecule has 0 spiro atoms. The van der Waals surface area contributed by atoms with E-state index in [4.69, 9.17) is 5.73 Å². The summed E-state index contributed by atoms with van der Waals surface area (Å²) in [5.41, 5.74) is 6.61. The number of aromatic nitrogens is 1. The average Bonchev–Trinajstić information content (AvgIpc) is 2.43. The predicted octanol–water partition coefficient (Wildman–Crippen LogP) is -0.00990. The van der Waals surface area contributed by atoms with Gasteiger partial charge in [-0.25, -0.2) is 4.98 Å². The molecule has 0 bridgehead atoms. The van der Waals surface area contributed by atoms with Crippen LogP contribution in [0.4, 0.5) is 11.5 Å². The van der Waals surface area contributed by atoms with Crippen LogP contribution in [0.5, 0.6) is 0 Å². The lowest BCUT2D eigenvalue weighted by molar-refractivity contribution is -0.119. The molecular formula is C10H14N4O. The van der Waals surface area contributed by atoms with Crippen molar-refractivity contribution in [3.63, 3.8) is 0 Å². The van der Waals surface area contributed by atoms with Crippen molar-refractivity contribution in [2.75, 3.05) is 30.3 Å². The van der Waals surface area contributed by atoms with Crippen LogP contribution in [0.25, 0.3) is 0 Å². The number of amides is 1. The third-order valence-corrected chi connectivity index (χ3v) is 2.42. The zero-order valence-corrected chi connectivity index (χ0v) is 8.44. The largest absolute Gasteiger partial charge is 0.382 e. The minimum absolute atomic E-state index is 0.0377. The second-order valence-corrected chi connectivity index (χ2v) is 3.53. The summed E-state index contributed by atoms with van der Waals surface area (Å²) in [7, 11) is 0. The molecule has 5 nitrogen and oxygen atoms in total. The highest BCUT2D eigenvalue weighted by molar-refractivity contribution is 5.82. The van der Waals surface area contributed by atoms with Crippen molar-refractivity contribution in [2.45, 2.75) is 6.42 Å². The van der Waals surface area contributed by atoms with Gasteiger partial charge in [-0.1, -0.05) is 0 Å². The number of pyridine rings is 1. The first kappa shape index (κ1) is 9.76. The van der Waals surface area contributed by atoms with Crippen molar-refractivity contribution in [2.24, 2.45) is 0 Å². The van der Waals surface area contributed by atoms with Crippen LogP contribution in [-0.4, -0.2) is 30.5 Å². The van der Waals surface area contributed by atoms with E-state index in [1.54, 1.807) is 6.20 Å². The van der Waals surface area contributed by atoms with Crippen LogP contribution >= 0.6 is 0 Å². The number of hydrogen-bond donors (Lipinski definition) is 2.